The molecule has 5 nitrogen and oxygen atoms in total. The fraction of sp³-hybridized carbons (Fsp3) is 0.444. The van der Waals surface area contributed by atoms with E-state index in [0.29, 0.717) is 13.1 Å². The first-order valence-electron chi connectivity index (χ1n) is 7.94. The van der Waals surface area contributed by atoms with Crippen molar-refractivity contribution in [2.75, 3.05) is 14.2 Å². The second kappa shape index (κ2) is 8.15. The van der Waals surface area contributed by atoms with Gasteiger partial charge in [0, 0.05) is 24.4 Å². The normalized spacial score (nSPS) is 12.1. The molecule has 0 spiro atoms. The van der Waals surface area contributed by atoms with Crippen LogP contribution in [0.2, 0.25) is 0 Å². The van der Waals surface area contributed by atoms with Gasteiger partial charge in [0.1, 0.15) is 5.75 Å². The molecule has 1 aromatic heterocycles. The van der Waals surface area contributed by atoms with Gasteiger partial charge in [-0.15, -0.1) is 11.3 Å². The molecule has 1 aromatic carbocycles. The molecule has 0 atom stereocenters. The number of rotatable bonds is 5. The first-order valence-corrected chi connectivity index (χ1v) is 8.82. The summed E-state index contributed by atoms with van der Waals surface area (Å²) >= 11 is 1.70. The maximum atomic E-state index is 5.24. The molecule has 6 heteroatoms. The second-order valence-corrected chi connectivity index (χ2v) is 7.38. The van der Waals surface area contributed by atoms with Crippen LogP contribution in [-0.4, -0.2) is 25.1 Å². The van der Waals surface area contributed by atoms with Crippen LogP contribution in [0.15, 0.2) is 34.6 Å². The average Bonchev–Trinajstić information content (AvgIpc) is 3.04. The van der Waals surface area contributed by atoms with E-state index in [0.717, 1.165) is 28.0 Å². The van der Waals surface area contributed by atoms with E-state index in [-0.39, 0.29) is 5.41 Å². The van der Waals surface area contributed by atoms with Gasteiger partial charge >= 0.3 is 0 Å². The van der Waals surface area contributed by atoms with E-state index in [1.807, 2.05) is 18.2 Å². The average molecular weight is 347 g/mol. The Morgan fingerprint density at radius 1 is 1.25 bits per heavy atom. The minimum Gasteiger partial charge on any atom is -0.497 e. The number of aromatic nitrogens is 1. The summed E-state index contributed by atoms with van der Waals surface area (Å²) in [5.41, 5.74) is 2.27. The molecule has 0 aliphatic carbocycles. The van der Waals surface area contributed by atoms with Crippen LogP contribution < -0.4 is 15.4 Å². The van der Waals surface area contributed by atoms with E-state index >= 15 is 0 Å². The Kier molecular flexibility index (Phi) is 6.20. The number of benzene rings is 1. The quantitative estimate of drug-likeness (QED) is 0.644. The monoisotopic (exact) mass is 346 g/mol. The Hall–Kier alpha value is -2.08. The molecule has 0 amide bonds. The number of nitrogens with zero attached hydrogens (tertiary/aromatic N) is 2. The predicted octanol–water partition coefficient (Wildman–Crippen LogP) is 3.31. The van der Waals surface area contributed by atoms with E-state index in [1.54, 1.807) is 25.5 Å². The van der Waals surface area contributed by atoms with Crippen LogP contribution in [0.25, 0.3) is 0 Å². The van der Waals surface area contributed by atoms with Crippen molar-refractivity contribution in [2.24, 2.45) is 4.99 Å². The SMILES string of the molecule is CN=C(NCc1cccc(OC)c1)NCc1csc(C(C)(C)C)n1. The van der Waals surface area contributed by atoms with Crippen molar-refractivity contribution < 1.29 is 4.74 Å². The highest BCUT2D eigenvalue weighted by atomic mass is 32.1. The summed E-state index contributed by atoms with van der Waals surface area (Å²) in [6.45, 7) is 7.87. The third-order valence-electron chi connectivity index (χ3n) is 3.45. The van der Waals surface area contributed by atoms with Crippen LogP contribution in [0.4, 0.5) is 0 Å². The van der Waals surface area contributed by atoms with Gasteiger partial charge in [0.05, 0.1) is 24.4 Å². The molecule has 0 bridgehead atoms. The molecule has 0 saturated heterocycles. The number of nitrogens with one attached hydrogen (secondary N) is 2. The van der Waals surface area contributed by atoms with Gasteiger partial charge in [-0.3, -0.25) is 4.99 Å². The first kappa shape index (κ1) is 18.3. The molecule has 2 aromatic rings. The van der Waals surface area contributed by atoms with Crippen LogP contribution in [0.3, 0.4) is 0 Å². The summed E-state index contributed by atoms with van der Waals surface area (Å²) in [4.78, 5) is 8.94. The summed E-state index contributed by atoms with van der Waals surface area (Å²) in [5, 5.41) is 9.86. The molecule has 0 fully saturated rings. The fourth-order valence-corrected chi connectivity index (χ4v) is 3.00. The highest BCUT2D eigenvalue weighted by Crippen LogP contribution is 2.25. The van der Waals surface area contributed by atoms with Crippen molar-refractivity contribution in [2.45, 2.75) is 39.3 Å². The van der Waals surface area contributed by atoms with E-state index in [1.165, 1.54) is 0 Å². The van der Waals surface area contributed by atoms with Crippen LogP contribution in [0, 0.1) is 0 Å². The largest absolute Gasteiger partial charge is 0.497 e. The van der Waals surface area contributed by atoms with E-state index < -0.39 is 0 Å². The number of ether oxygens (including phenoxy) is 1. The Morgan fingerprint density at radius 2 is 2.00 bits per heavy atom. The lowest BCUT2D eigenvalue weighted by Crippen LogP contribution is -2.36. The molecule has 130 valence electrons. The van der Waals surface area contributed by atoms with Crippen LogP contribution in [0.5, 0.6) is 5.75 Å². The van der Waals surface area contributed by atoms with Crippen molar-refractivity contribution in [3.05, 3.63) is 45.9 Å². The third-order valence-corrected chi connectivity index (χ3v) is 4.76. The van der Waals surface area contributed by atoms with Crippen molar-refractivity contribution in [3.63, 3.8) is 0 Å². The number of aliphatic imine (C=N–C) groups is 1. The van der Waals surface area contributed by atoms with Crippen LogP contribution in [-0.2, 0) is 18.5 Å². The topological polar surface area (TPSA) is 58.5 Å². The van der Waals surface area contributed by atoms with E-state index in [9.17, 15) is 0 Å². The number of hydrogen-bond donors (Lipinski definition) is 2. The van der Waals surface area contributed by atoms with Gasteiger partial charge in [-0.2, -0.15) is 0 Å². The molecule has 0 aliphatic heterocycles. The Labute approximate surface area is 148 Å². The summed E-state index contributed by atoms with van der Waals surface area (Å²) in [7, 11) is 3.44. The standard InChI is InChI=1S/C18H26N4OS/c1-18(2,3)16-22-14(12-24-16)11-21-17(19-4)20-10-13-7-6-8-15(9-13)23-5/h6-9,12H,10-11H2,1-5H3,(H2,19,20,21). The third kappa shape index (κ3) is 5.23. The fourth-order valence-electron chi connectivity index (χ4n) is 2.10. The lowest BCUT2D eigenvalue weighted by molar-refractivity contribution is 0.414. The Morgan fingerprint density at radius 3 is 2.62 bits per heavy atom. The lowest BCUT2D eigenvalue weighted by atomic mass is 9.98. The van der Waals surface area contributed by atoms with Gasteiger partial charge in [-0.25, -0.2) is 4.98 Å². The van der Waals surface area contributed by atoms with Gasteiger partial charge in [0.25, 0.3) is 0 Å². The van der Waals surface area contributed by atoms with Crippen molar-refractivity contribution in [3.8, 4) is 5.75 Å². The van der Waals surface area contributed by atoms with E-state index in [4.69, 9.17) is 4.74 Å². The van der Waals surface area contributed by atoms with Gasteiger partial charge in [-0.05, 0) is 17.7 Å². The predicted molar refractivity (Wildman–Crippen MR) is 101 cm³/mol. The molecular weight excluding hydrogens is 320 g/mol. The van der Waals surface area contributed by atoms with Gasteiger partial charge in [-0.1, -0.05) is 32.9 Å². The van der Waals surface area contributed by atoms with Gasteiger partial charge in [0.15, 0.2) is 5.96 Å². The lowest BCUT2D eigenvalue weighted by Gasteiger charge is -2.14. The smallest absolute Gasteiger partial charge is 0.191 e. The summed E-state index contributed by atoms with van der Waals surface area (Å²) in [6.07, 6.45) is 0. The molecule has 2 rings (SSSR count). The van der Waals surface area contributed by atoms with Crippen molar-refractivity contribution in [1.82, 2.24) is 15.6 Å². The number of thiazole rings is 1. The Bertz CT molecular complexity index is 688. The second-order valence-electron chi connectivity index (χ2n) is 6.52. The molecule has 1 heterocycles. The van der Waals surface area contributed by atoms with Gasteiger partial charge in [0.2, 0.25) is 0 Å². The molecule has 0 unspecified atom stereocenters. The van der Waals surface area contributed by atoms with Crippen LogP contribution >= 0.6 is 11.3 Å². The summed E-state index contributed by atoms with van der Waals surface area (Å²) < 4.78 is 5.24. The number of guanidine groups is 1. The van der Waals surface area contributed by atoms with Crippen LogP contribution in [0.1, 0.15) is 37.0 Å². The maximum absolute atomic E-state index is 5.24. The molecule has 0 aliphatic rings. The Balaban J connectivity index is 1.87. The highest BCUT2D eigenvalue weighted by Gasteiger charge is 2.17. The summed E-state index contributed by atoms with van der Waals surface area (Å²) in [5.74, 6) is 1.61. The highest BCUT2D eigenvalue weighted by molar-refractivity contribution is 7.09. The summed E-state index contributed by atoms with van der Waals surface area (Å²) in [6, 6.07) is 7.98. The zero-order valence-corrected chi connectivity index (χ0v) is 15.8. The molecule has 0 saturated carbocycles. The number of methoxy groups -OCH3 is 1. The zero-order valence-electron chi connectivity index (χ0n) is 15.0. The molecular formula is C18H26N4OS. The zero-order chi connectivity index (χ0) is 17.6. The molecule has 2 N–H and O–H groups in total. The minimum absolute atomic E-state index is 0.0925. The molecule has 0 radical (unpaired) electrons. The molecule has 24 heavy (non-hydrogen) atoms. The van der Waals surface area contributed by atoms with Crippen molar-refractivity contribution in [1.29, 1.82) is 0 Å². The van der Waals surface area contributed by atoms with E-state index in [2.05, 4.69) is 52.8 Å². The van der Waals surface area contributed by atoms with Crippen molar-refractivity contribution >= 4 is 17.3 Å². The number of hydrogen-bond acceptors (Lipinski definition) is 4. The maximum Gasteiger partial charge on any atom is 0.191 e. The van der Waals surface area contributed by atoms with Gasteiger partial charge < -0.3 is 15.4 Å². The minimum atomic E-state index is 0.0925. The first-order chi connectivity index (χ1) is 11.4.